The fraction of sp³-hybridized carbons (Fsp3) is 1.00. The summed E-state index contributed by atoms with van der Waals surface area (Å²) in [4.78, 5) is 0. The van der Waals surface area contributed by atoms with Crippen molar-refractivity contribution in [3.8, 4) is 0 Å². The Morgan fingerprint density at radius 3 is 2.35 bits per heavy atom. The lowest BCUT2D eigenvalue weighted by atomic mass is 9.75. The van der Waals surface area contributed by atoms with Gasteiger partial charge in [-0.15, -0.1) is 0 Å². The monoisotopic (exact) mass is 261 g/mol. The lowest BCUT2D eigenvalue weighted by Gasteiger charge is -2.34. The fourth-order valence-corrected chi connectivity index (χ4v) is 3.68. The van der Waals surface area contributed by atoms with Crippen molar-refractivity contribution in [2.24, 2.45) is 5.41 Å². The molecule has 1 saturated carbocycles. The smallest absolute Gasteiger partial charge is 0.151 e. The van der Waals surface area contributed by atoms with Crippen LogP contribution in [0.4, 0.5) is 0 Å². The number of rotatable bonds is 6. The zero-order valence-electron chi connectivity index (χ0n) is 11.5. The maximum Gasteiger partial charge on any atom is 0.151 e. The summed E-state index contributed by atoms with van der Waals surface area (Å²) in [5, 5.41) is 3.40. The van der Waals surface area contributed by atoms with Crippen LogP contribution in [0.5, 0.6) is 0 Å². The number of sulfone groups is 1. The van der Waals surface area contributed by atoms with Gasteiger partial charge >= 0.3 is 0 Å². The Morgan fingerprint density at radius 1 is 1.24 bits per heavy atom. The van der Waals surface area contributed by atoms with E-state index in [-0.39, 0.29) is 17.5 Å². The van der Waals surface area contributed by atoms with Crippen molar-refractivity contribution in [3.05, 3.63) is 0 Å². The maximum absolute atomic E-state index is 11.5. The minimum Gasteiger partial charge on any atom is -0.313 e. The SMILES string of the molecule is CCS(=O)(=O)CC(C)NCC1(C)CCCCC1. The van der Waals surface area contributed by atoms with Gasteiger partial charge in [-0.3, -0.25) is 0 Å². The van der Waals surface area contributed by atoms with Gasteiger partial charge in [-0.05, 0) is 25.2 Å². The lowest BCUT2D eigenvalue weighted by Crippen LogP contribution is -2.41. The molecule has 0 heterocycles. The van der Waals surface area contributed by atoms with Gasteiger partial charge in [0.2, 0.25) is 0 Å². The number of hydrogen-bond donors (Lipinski definition) is 1. The van der Waals surface area contributed by atoms with Crippen LogP contribution in [0.2, 0.25) is 0 Å². The Morgan fingerprint density at radius 2 is 1.82 bits per heavy atom. The van der Waals surface area contributed by atoms with Gasteiger partial charge in [0, 0.05) is 18.3 Å². The van der Waals surface area contributed by atoms with Crippen LogP contribution in [0.15, 0.2) is 0 Å². The molecule has 1 aliphatic rings. The molecule has 0 aromatic heterocycles. The topological polar surface area (TPSA) is 46.2 Å². The predicted molar refractivity (Wildman–Crippen MR) is 73.0 cm³/mol. The number of nitrogens with one attached hydrogen (secondary N) is 1. The third kappa shape index (κ3) is 5.38. The summed E-state index contributed by atoms with van der Waals surface area (Å²) in [6, 6.07) is 0.0682. The quantitative estimate of drug-likeness (QED) is 0.798. The average Bonchev–Trinajstić information content (AvgIpc) is 2.27. The van der Waals surface area contributed by atoms with Crippen molar-refractivity contribution in [1.29, 1.82) is 0 Å². The van der Waals surface area contributed by atoms with Crippen LogP contribution in [-0.2, 0) is 9.84 Å². The van der Waals surface area contributed by atoms with Gasteiger partial charge in [-0.1, -0.05) is 33.1 Å². The molecule has 1 fully saturated rings. The van der Waals surface area contributed by atoms with E-state index in [1.54, 1.807) is 6.92 Å². The summed E-state index contributed by atoms with van der Waals surface area (Å²) in [6.07, 6.45) is 6.54. The largest absolute Gasteiger partial charge is 0.313 e. The first-order valence-corrected chi connectivity index (χ1v) is 8.63. The zero-order chi connectivity index (χ0) is 12.9. The summed E-state index contributed by atoms with van der Waals surface area (Å²) in [5.41, 5.74) is 0.377. The standard InChI is InChI=1S/C13H27NO2S/c1-4-17(15,16)10-12(2)14-11-13(3)8-6-5-7-9-13/h12,14H,4-11H2,1-3H3. The van der Waals surface area contributed by atoms with E-state index in [2.05, 4.69) is 12.2 Å². The van der Waals surface area contributed by atoms with Gasteiger partial charge in [0.15, 0.2) is 9.84 Å². The first kappa shape index (κ1) is 15.0. The summed E-state index contributed by atoms with van der Waals surface area (Å²) in [5.74, 6) is 0.510. The summed E-state index contributed by atoms with van der Waals surface area (Å²) in [7, 11) is -2.85. The zero-order valence-corrected chi connectivity index (χ0v) is 12.3. The fourth-order valence-electron chi connectivity index (χ4n) is 2.56. The van der Waals surface area contributed by atoms with Gasteiger partial charge in [0.1, 0.15) is 0 Å². The Labute approximate surface area is 106 Å². The highest BCUT2D eigenvalue weighted by Crippen LogP contribution is 2.34. The Hall–Kier alpha value is -0.0900. The first-order valence-electron chi connectivity index (χ1n) is 6.81. The molecule has 0 aromatic rings. The molecule has 0 aromatic carbocycles. The molecule has 1 atom stereocenters. The molecule has 1 N–H and O–H groups in total. The second-order valence-electron chi connectivity index (χ2n) is 5.85. The number of hydrogen-bond acceptors (Lipinski definition) is 3. The van der Waals surface area contributed by atoms with Crippen LogP contribution in [0.25, 0.3) is 0 Å². The highest BCUT2D eigenvalue weighted by molar-refractivity contribution is 7.91. The molecular formula is C13H27NO2S. The maximum atomic E-state index is 11.5. The van der Waals surface area contributed by atoms with E-state index in [1.165, 1.54) is 32.1 Å². The third-order valence-electron chi connectivity index (χ3n) is 3.88. The van der Waals surface area contributed by atoms with Gasteiger partial charge in [0.25, 0.3) is 0 Å². The average molecular weight is 261 g/mol. The van der Waals surface area contributed by atoms with E-state index >= 15 is 0 Å². The molecule has 0 saturated heterocycles. The van der Waals surface area contributed by atoms with E-state index in [1.807, 2.05) is 6.92 Å². The highest BCUT2D eigenvalue weighted by Gasteiger charge is 2.27. The van der Waals surface area contributed by atoms with Gasteiger partial charge in [0.05, 0.1) is 5.75 Å². The molecule has 0 bridgehead atoms. The van der Waals surface area contributed by atoms with Crippen molar-refractivity contribution in [2.75, 3.05) is 18.1 Å². The van der Waals surface area contributed by atoms with Crippen LogP contribution in [0.3, 0.4) is 0 Å². The van der Waals surface area contributed by atoms with Crippen molar-refractivity contribution in [2.45, 2.75) is 58.9 Å². The van der Waals surface area contributed by atoms with Gasteiger partial charge in [-0.2, -0.15) is 0 Å². The second-order valence-corrected chi connectivity index (χ2v) is 8.25. The minimum absolute atomic E-state index is 0.0682. The van der Waals surface area contributed by atoms with Crippen molar-refractivity contribution in [3.63, 3.8) is 0 Å². The molecule has 1 unspecified atom stereocenters. The van der Waals surface area contributed by atoms with Crippen molar-refractivity contribution in [1.82, 2.24) is 5.32 Å². The molecule has 0 aliphatic heterocycles. The molecule has 102 valence electrons. The molecule has 0 amide bonds. The summed E-state index contributed by atoms with van der Waals surface area (Å²) >= 11 is 0. The van der Waals surface area contributed by atoms with Crippen LogP contribution in [-0.4, -0.2) is 32.5 Å². The van der Waals surface area contributed by atoms with Crippen molar-refractivity contribution >= 4 is 9.84 Å². The molecule has 1 rings (SSSR count). The van der Waals surface area contributed by atoms with Crippen LogP contribution >= 0.6 is 0 Å². The normalized spacial score (nSPS) is 22.3. The predicted octanol–water partition coefficient (Wildman–Crippen LogP) is 2.37. The van der Waals surface area contributed by atoms with Crippen LogP contribution in [0, 0.1) is 5.41 Å². The van der Waals surface area contributed by atoms with Crippen LogP contribution in [0.1, 0.15) is 52.9 Å². The Balaban J connectivity index is 2.34. The molecule has 4 heteroatoms. The van der Waals surface area contributed by atoms with Crippen LogP contribution < -0.4 is 5.32 Å². The molecular weight excluding hydrogens is 234 g/mol. The van der Waals surface area contributed by atoms with Crippen molar-refractivity contribution < 1.29 is 8.42 Å². The minimum atomic E-state index is -2.85. The van der Waals surface area contributed by atoms with E-state index < -0.39 is 9.84 Å². The molecule has 0 spiro atoms. The molecule has 1 aliphatic carbocycles. The van der Waals surface area contributed by atoms with E-state index in [0.717, 1.165) is 6.54 Å². The van der Waals surface area contributed by atoms with E-state index in [4.69, 9.17) is 0 Å². The van der Waals surface area contributed by atoms with Gasteiger partial charge in [-0.25, -0.2) is 8.42 Å². The van der Waals surface area contributed by atoms with Gasteiger partial charge < -0.3 is 5.32 Å². The Bertz CT molecular complexity index is 318. The summed E-state index contributed by atoms with van der Waals surface area (Å²) < 4.78 is 23.0. The molecule has 3 nitrogen and oxygen atoms in total. The first-order chi connectivity index (χ1) is 7.87. The highest BCUT2D eigenvalue weighted by atomic mass is 32.2. The van der Waals surface area contributed by atoms with E-state index in [9.17, 15) is 8.42 Å². The lowest BCUT2D eigenvalue weighted by molar-refractivity contribution is 0.203. The van der Waals surface area contributed by atoms with E-state index in [0.29, 0.717) is 5.41 Å². The third-order valence-corrected chi connectivity index (χ3v) is 5.77. The summed E-state index contributed by atoms with van der Waals surface area (Å²) in [6.45, 7) is 6.96. The molecule has 17 heavy (non-hydrogen) atoms. The molecule has 0 radical (unpaired) electrons. The Kier molecular flexibility index (Phi) is 5.45. The second kappa shape index (κ2) is 6.19.